The zero-order valence-corrected chi connectivity index (χ0v) is 17.5. The van der Waals surface area contributed by atoms with E-state index < -0.39 is 11.7 Å². The third-order valence-electron chi connectivity index (χ3n) is 5.32. The lowest BCUT2D eigenvalue weighted by Crippen LogP contribution is -2.35. The van der Waals surface area contributed by atoms with E-state index in [4.69, 9.17) is 5.73 Å². The number of amides is 1. The summed E-state index contributed by atoms with van der Waals surface area (Å²) in [5.74, 6) is -1.90. The highest BCUT2D eigenvalue weighted by Crippen LogP contribution is 2.38. The SMILES string of the molecule is NC(=O)c1cc(F)ccc1-c1nc(C(=O)CC2CCCCN2)c(-c2ccc(F)cc2)s1. The number of hydrogen-bond donors (Lipinski definition) is 2. The van der Waals surface area contributed by atoms with Gasteiger partial charge in [0.2, 0.25) is 5.91 Å². The summed E-state index contributed by atoms with van der Waals surface area (Å²) >= 11 is 1.19. The third-order valence-corrected chi connectivity index (χ3v) is 6.46. The summed E-state index contributed by atoms with van der Waals surface area (Å²) in [6.07, 6.45) is 3.37. The van der Waals surface area contributed by atoms with Gasteiger partial charge in [-0.25, -0.2) is 13.8 Å². The van der Waals surface area contributed by atoms with E-state index in [0.29, 0.717) is 27.4 Å². The summed E-state index contributed by atoms with van der Waals surface area (Å²) in [7, 11) is 0. The van der Waals surface area contributed by atoms with Gasteiger partial charge in [-0.05, 0) is 55.3 Å². The monoisotopic (exact) mass is 441 g/mol. The molecule has 3 aromatic rings. The number of hydrogen-bond acceptors (Lipinski definition) is 5. The van der Waals surface area contributed by atoms with Crippen molar-refractivity contribution in [2.24, 2.45) is 5.73 Å². The van der Waals surface area contributed by atoms with Gasteiger partial charge in [-0.2, -0.15) is 0 Å². The molecule has 1 aromatic heterocycles. The lowest BCUT2D eigenvalue weighted by molar-refractivity contribution is 0.0959. The Morgan fingerprint density at radius 1 is 1.10 bits per heavy atom. The first-order valence-corrected chi connectivity index (χ1v) is 10.9. The summed E-state index contributed by atoms with van der Waals surface area (Å²) < 4.78 is 27.1. The van der Waals surface area contributed by atoms with Crippen molar-refractivity contribution in [1.29, 1.82) is 0 Å². The number of piperidine rings is 1. The molecule has 0 spiro atoms. The minimum Gasteiger partial charge on any atom is -0.366 e. The quantitative estimate of drug-likeness (QED) is 0.549. The van der Waals surface area contributed by atoms with Crippen molar-refractivity contribution in [3.05, 3.63) is 65.4 Å². The van der Waals surface area contributed by atoms with Gasteiger partial charge in [-0.3, -0.25) is 9.59 Å². The molecule has 160 valence electrons. The third kappa shape index (κ3) is 4.70. The van der Waals surface area contributed by atoms with Crippen molar-refractivity contribution >= 4 is 23.0 Å². The molecule has 2 heterocycles. The Morgan fingerprint density at radius 2 is 1.84 bits per heavy atom. The van der Waals surface area contributed by atoms with Gasteiger partial charge in [-0.15, -0.1) is 11.3 Å². The Labute approximate surface area is 182 Å². The van der Waals surface area contributed by atoms with E-state index in [1.165, 1.54) is 35.6 Å². The van der Waals surface area contributed by atoms with Crippen LogP contribution in [-0.2, 0) is 0 Å². The van der Waals surface area contributed by atoms with Gasteiger partial charge in [0, 0.05) is 18.0 Å². The fraction of sp³-hybridized carbons (Fsp3) is 0.261. The second-order valence-electron chi connectivity index (χ2n) is 7.53. The van der Waals surface area contributed by atoms with Crippen LogP contribution in [0.1, 0.15) is 46.5 Å². The predicted octanol–water partition coefficient (Wildman–Crippen LogP) is 4.57. The largest absolute Gasteiger partial charge is 0.366 e. The Morgan fingerprint density at radius 3 is 2.52 bits per heavy atom. The summed E-state index contributed by atoms with van der Waals surface area (Å²) in [5.41, 5.74) is 6.69. The number of benzene rings is 2. The molecule has 0 saturated carbocycles. The van der Waals surface area contributed by atoms with Crippen molar-refractivity contribution in [3.63, 3.8) is 0 Å². The number of rotatable bonds is 6. The van der Waals surface area contributed by atoms with Gasteiger partial charge in [0.25, 0.3) is 0 Å². The number of ketones is 1. The number of primary amides is 1. The number of nitrogens with zero attached hydrogens (tertiary/aromatic N) is 1. The average molecular weight is 442 g/mol. The van der Waals surface area contributed by atoms with E-state index in [-0.39, 0.29) is 28.9 Å². The maximum atomic E-state index is 13.7. The molecule has 1 amide bonds. The Bertz CT molecular complexity index is 1120. The van der Waals surface area contributed by atoms with Crippen molar-refractivity contribution in [2.45, 2.75) is 31.7 Å². The Hall–Kier alpha value is -2.97. The summed E-state index contributed by atoms with van der Waals surface area (Å²) in [4.78, 5) is 30.1. The lowest BCUT2D eigenvalue weighted by atomic mass is 9.98. The number of carbonyl (C=O) groups is 2. The first-order valence-electron chi connectivity index (χ1n) is 10.1. The molecule has 1 aliphatic rings. The summed E-state index contributed by atoms with van der Waals surface area (Å²) in [6.45, 7) is 0.878. The van der Waals surface area contributed by atoms with Gasteiger partial charge >= 0.3 is 0 Å². The van der Waals surface area contributed by atoms with E-state index in [1.54, 1.807) is 12.1 Å². The van der Waals surface area contributed by atoms with Crippen molar-refractivity contribution in [1.82, 2.24) is 10.3 Å². The number of nitrogens with two attached hydrogens (primary N) is 1. The molecule has 8 heteroatoms. The molecule has 1 saturated heterocycles. The number of carbonyl (C=O) groups excluding carboxylic acids is 2. The molecule has 2 aromatic carbocycles. The van der Waals surface area contributed by atoms with E-state index in [0.717, 1.165) is 31.9 Å². The van der Waals surface area contributed by atoms with Crippen LogP contribution in [0.2, 0.25) is 0 Å². The first-order chi connectivity index (χ1) is 14.9. The normalized spacial score (nSPS) is 16.3. The fourth-order valence-electron chi connectivity index (χ4n) is 3.75. The van der Waals surface area contributed by atoms with E-state index in [9.17, 15) is 18.4 Å². The summed E-state index contributed by atoms with van der Waals surface area (Å²) in [6, 6.07) is 9.60. The van der Waals surface area contributed by atoms with Crippen LogP contribution in [0.4, 0.5) is 8.78 Å². The molecule has 1 aliphatic heterocycles. The maximum Gasteiger partial charge on any atom is 0.249 e. The van der Waals surface area contributed by atoms with Crippen LogP contribution in [0.3, 0.4) is 0 Å². The molecular weight excluding hydrogens is 420 g/mol. The number of nitrogens with one attached hydrogen (secondary N) is 1. The summed E-state index contributed by atoms with van der Waals surface area (Å²) in [5, 5.41) is 3.74. The molecule has 1 unspecified atom stereocenters. The molecule has 0 aliphatic carbocycles. The molecule has 5 nitrogen and oxygen atoms in total. The first kappa shape index (κ1) is 21.3. The fourth-order valence-corrected chi connectivity index (χ4v) is 4.88. The van der Waals surface area contributed by atoms with Crippen LogP contribution in [0, 0.1) is 11.6 Å². The predicted molar refractivity (Wildman–Crippen MR) is 116 cm³/mol. The van der Waals surface area contributed by atoms with Crippen LogP contribution in [0.5, 0.6) is 0 Å². The number of halogens is 2. The highest BCUT2D eigenvalue weighted by molar-refractivity contribution is 7.18. The van der Waals surface area contributed by atoms with E-state index in [1.807, 2.05) is 0 Å². The van der Waals surface area contributed by atoms with Crippen molar-refractivity contribution in [2.75, 3.05) is 6.54 Å². The Balaban J connectivity index is 1.78. The highest BCUT2D eigenvalue weighted by Gasteiger charge is 2.25. The molecule has 0 bridgehead atoms. The topological polar surface area (TPSA) is 85.1 Å². The van der Waals surface area contributed by atoms with Crippen LogP contribution >= 0.6 is 11.3 Å². The average Bonchev–Trinajstić information content (AvgIpc) is 3.20. The van der Waals surface area contributed by atoms with E-state index >= 15 is 0 Å². The maximum absolute atomic E-state index is 13.7. The van der Waals surface area contributed by atoms with Crippen LogP contribution in [-0.4, -0.2) is 29.3 Å². The smallest absolute Gasteiger partial charge is 0.249 e. The molecule has 3 N–H and O–H groups in total. The second kappa shape index (κ2) is 9.03. The van der Waals surface area contributed by atoms with Gasteiger partial charge < -0.3 is 11.1 Å². The van der Waals surface area contributed by atoms with Crippen molar-refractivity contribution in [3.8, 4) is 21.0 Å². The molecule has 1 fully saturated rings. The van der Waals surface area contributed by atoms with E-state index in [2.05, 4.69) is 10.3 Å². The Kier molecular flexibility index (Phi) is 6.20. The van der Waals surface area contributed by atoms with Gasteiger partial charge in [0.05, 0.1) is 10.4 Å². The van der Waals surface area contributed by atoms with Gasteiger partial charge in [0.1, 0.15) is 22.3 Å². The zero-order chi connectivity index (χ0) is 22.0. The molecule has 1 atom stereocenters. The number of Topliss-reactive ketones (excluding diaryl/α,β-unsaturated/α-hetero) is 1. The minimum atomic E-state index is -0.785. The van der Waals surface area contributed by atoms with Crippen LogP contribution in [0.15, 0.2) is 42.5 Å². The number of thiazole rings is 1. The molecule has 0 radical (unpaired) electrons. The lowest BCUT2D eigenvalue weighted by Gasteiger charge is -2.22. The highest BCUT2D eigenvalue weighted by atomic mass is 32.1. The van der Waals surface area contributed by atoms with Gasteiger partial charge in [0.15, 0.2) is 5.78 Å². The second-order valence-corrected chi connectivity index (χ2v) is 8.53. The number of aromatic nitrogens is 1. The standard InChI is InChI=1S/C23H21F2N3O2S/c24-14-6-4-13(5-7-14)21-20(19(29)12-16-3-1-2-10-27-16)28-23(31-21)17-9-8-15(25)11-18(17)22(26)30/h4-9,11,16,27H,1-3,10,12H2,(H2,26,30). The van der Waals surface area contributed by atoms with Crippen LogP contribution < -0.4 is 11.1 Å². The van der Waals surface area contributed by atoms with Gasteiger partial charge in [-0.1, -0.05) is 18.6 Å². The molecule has 4 rings (SSSR count). The van der Waals surface area contributed by atoms with Crippen molar-refractivity contribution < 1.29 is 18.4 Å². The van der Waals surface area contributed by atoms with Crippen LogP contribution in [0.25, 0.3) is 21.0 Å². The zero-order valence-electron chi connectivity index (χ0n) is 16.7. The molecule has 31 heavy (non-hydrogen) atoms. The minimum absolute atomic E-state index is 0.00708. The molecular formula is C23H21F2N3O2S.